The van der Waals surface area contributed by atoms with Gasteiger partial charge in [-0.05, 0) is 0 Å². The van der Waals surface area contributed by atoms with E-state index in [1.165, 1.54) is 5.06 Å². The maximum absolute atomic E-state index is 10.1. The molecular formula is C4H12CaNO4P. The molecule has 1 rings (SSSR count). The summed E-state index contributed by atoms with van der Waals surface area (Å²) < 4.78 is 19.7. The Kier molecular flexibility index (Phi) is 7.63. The molecule has 0 bridgehead atoms. The maximum atomic E-state index is 10.1. The van der Waals surface area contributed by atoms with Gasteiger partial charge in [-0.1, -0.05) is 0 Å². The third-order valence-electron chi connectivity index (χ3n) is 1.18. The number of ether oxygens (including phenoxy) is 1. The molecule has 1 atom stereocenters. The average Bonchev–Trinajstić information content (AvgIpc) is 1.88. The predicted octanol–water partition coefficient (Wildman–Crippen LogP) is -1.28. The summed E-state index contributed by atoms with van der Waals surface area (Å²) in [7, 11) is -2.81. The summed E-state index contributed by atoms with van der Waals surface area (Å²) in [6.45, 7) is 2.26. The normalized spacial score (nSPS) is 22.3. The standard InChI is InChI=1S/C4H10NO4P.Ca.2H/c6-10(7)9-5-1-3-8-4-2-5;;;/h10H,1-4H2,(H,6,7);;;. The first-order valence-corrected chi connectivity index (χ1v) is 4.29. The molecule has 0 amide bonds. The fourth-order valence-corrected chi connectivity index (χ4v) is 1.15. The Morgan fingerprint density at radius 1 is 1.45 bits per heavy atom. The van der Waals surface area contributed by atoms with E-state index in [-0.39, 0.29) is 37.7 Å². The van der Waals surface area contributed by atoms with Crippen molar-refractivity contribution in [2.45, 2.75) is 0 Å². The van der Waals surface area contributed by atoms with Crippen LogP contribution in [0.15, 0.2) is 0 Å². The van der Waals surface area contributed by atoms with Crippen LogP contribution in [-0.2, 0) is 13.9 Å². The van der Waals surface area contributed by atoms with Gasteiger partial charge in [0.05, 0.1) is 13.2 Å². The SMILES string of the molecule is O=[PH](O)ON1CCOCC1.[CaH2]. The second-order valence-corrected chi connectivity index (χ2v) is 2.61. The van der Waals surface area contributed by atoms with Crippen molar-refractivity contribution in [1.29, 1.82) is 0 Å². The molecule has 0 radical (unpaired) electrons. The topological polar surface area (TPSA) is 59.0 Å². The number of hydrogen-bond donors (Lipinski definition) is 1. The van der Waals surface area contributed by atoms with Gasteiger partial charge < -0.3 is 9.63 Å². The first-order valence-electron chi connectivity index (χ1n) is 3.02. The van der Waals surface area contributed by atoms with Crippen molar-refractivity contribution in [2.24, 2.45) is 0 Å². The number of rotatable bonds is 2. The fraction of sp³-hybridized carbons (Fsp3) is 1.00. The molecule has 0 aliphatic carbocycles. The van der Waals surface area contributed by atoms with E-state index in [2.05, 4.69) is 4.62 Å². The van der Waals surface area contributed by atoms with E-state index in [1.54, 1.807) is 0 Å². The van der Waals surface area contributed by atoms with Gasteiger partial charge in [-0.2, -0.15) is 5.06 Å². The molecule has 5 nitrogen and oxygen atoms in total. The zero-order valence-corrected chi connectivity index (χ0v) is 6.45. The van der Waals surface area contributed by atoms with Crippen LogP contribution in [0.2, 0.25) is 0 Å². The first-order chi connectivity index (χ1) is 4.79. The summed E-state index contributed by atoms with van der Waals surface area (Å²) in [6.07, 6.45) is 0. The van der Waals surface area contributed by atoms with E-state index in [0.717, 1.165) is 0 Å². The molecule has 64 valence electrons. The first kappa shape index (κ1) is 12.3. The van der Waals surface area contributed by atoms with Gasteiger partial charge in [0, 0.05) is 13.1 Å². The minimum absolute atomic E-state index is 0. The number of morpholine rings is 1. The monoisotopic (exact) mass is 209 g/mol. The van der Waals surface area contributed by atoms with E-state index in [9.17, 15) is 4.57 Å². The molecule has 0 saturated carbocycles. The number of nitrogens with zero attached hydrogens (tertiary/aromatic N) is 1. The van der Waals surface area contributed by atoms with Crippen molar-refractivity contribution in [3.63, 3.8) is 0 Å². The Bertz CT molecular complexity index is 129. The zero-order valence-electron chi connectivity index (χ0n) is 5.45. The van der Waals surface area contributed by atoms with Crippen molar-refractivity contribution in [3.8, 4) is 0 Å². The predicted molar refractivity (Wildman–Crippen MR) is 43.2 cm³/mol. The Morgan fingerprint density at radius 3 is 2.45 bits per heavy atom. The van der Waals surface area contributed by atoms with Gasteiger partial charge in [-0.25, -0.2) is 4.62 Å². The van der Waals surface area contributed by atoms with E-state index in [1.807, 2.05) is 0 Å². The van der Waals surface area contributed by atoms with Gasteiger partial charge in [-0.3, -0.25) is 4.57 Å². The van der Waals surface area contributed by atoms with Crippen molar-refractivity contribution in [1.82, 2.24) is 5.06 Å². The summed E-state index contributed by atoms with van der Waals surface area (Å²) in [5.74, 6) is 0. The summed E-state index contributed by atoms with van der Waals surface area (Å²) in [6, 6.07) is 0. The molecule has 1 aliphatic rings. The fourth-order valence-electron chi connectivity index (χ4n) is 0.748. The Morgan fingerprint density at radius 2 is 2.00 bits per heavy atom. The number of hydroxylamine groups is 2. The number of hydrogen-bond acceptors (Lipinski definition) is 4. The van der Waals surface area contributed by atoms with Crippen LogP contribution in [0.5, 0.6) is 0 Å². The molecule has 0 aromatic carbocycles. The van der Waals surface area contributed by atoms with Crippen LogP contribution in [-0.4, -0.2) is 74.0 Å². The van der Waals surface area contributed by atoms with Gasteiger partial charge >= 0.3 is 46.0 Å². The minimum atomic E-state index is -2.81. The molecule has 0 spiro atoms. The molecular weight excluding hydrogens is 197 g/mol. The summed E-state index contributed by atoms with van der Waals surface area (Å²) >= 11 is 0. The third kappa shape index (κ3) is 5.55. The molecule has 1 fully saturated rings. The molecule has 11 heavy (non-hydrogen) atoms. The molecule has 1 heterocycles. The van der Waals surface area contributed by atoms with Crippen LogP contribution in [0.1, 0.15) is 0 Å². The Hall–Kier alpha value is 1.33. The molecule has 1 N–H and O–H groups in total. The van der Waals surface area contributed by atoms with Gasteiger partial charge in [0.1, 0.15) is 0 Å². The van der Waals surface area contributed by atoms with Crippen molar-refractivity contribution in [3.05, 3.63) is 0 Å². The van der Waals surface area contributed by atoms with Crippen LogP contribution in [0.3, 0.4) is 0 Å². The molecule has 1 saturated heterocycles. The molecule has 1 aliphatic heterocycles. The van der Waals surface area contributed by atoms with Crippen LogP contribution >= 0.6 is 8.25 Å². The summed E-state index contributed by atoms with van der Waals surface area (Å²) in [4.78, 5) is 8.35. The molecule has 0 aromatic heterocycles. The van der Waals surface area contributed by atoms with Crippen LogP contribution < -0.4 is 0 Å². The Labute approximate surface area is 95.6 Å². The zero-order chi connectivity index (χ0) is 7.40. The quantitative estimate of drug-likeness (QED) is 0.453. The summed E-state index contributed by atoms with van der Waals surface area (Å²) in [5, 5.41) is 1.45. The molecule has 0 aromatic rings. The van der Waals surface area contributed by atoms with Gasteiger partial charge in [0.15, 0.2) is 0 Å². The van der Waals surface area contributed by atoms with Crippen molar-refractivity contribution < 1.29 is 18.8 Å². The van der Waals surface area contributed by atoms with Crippen LogP contribution in [0, 0.1) is 0 Å². The van der Waals surface area contributed by atoms with Crippen molar-refractivity contribution >= 4 is 46.0 Å². The van der Waals surface area contributed by atoms with Gasteiger partial charge in [0.2, 0.25) is 0 Å². The van der Waals surface area contributed by atoms with Gasteiger partial charge in [0.25, 0.3) is 0 Å². The average molecular weight is 209 g/mol. The van der Waals surface area contributed by atoms with Crippen molar-refractivity contribution in [2.75, 3.05) is 26.3 Å². The van der Waals surface area contributed by atoms with Gasteiger partial charge in [-0.15, -0.1) is 0 Å². The van der Waals surface area contributed by atoms with E-state index in [4.69, 9.17) is 9.63 Å². The van der Waals surface area contributed by atoms with E-state index in [0.29, 0.717) is 26.3 Å². The summed E-state index contributed by atoms with van der Waals surface area (Å²) in [5.41, 5.74) is 0. The van der Waals surface area contributed by atoms with Crippen LogP contribution in [0.4, 0.5) is 0 Å². The second-order valence-electron chi connectivity index (χ2n) is 1.90. The van der Waals surface area contributed by atoms with E-state index >= 15 is 0 Å². The molecule has 1 unspecified atom stereocenters. The Balaban J connectivity index is 0.000001000. The van der Waals surface area contributed by atoms with E-state index < -0.39 is 8.25 Å². The second kappa shape index (κ2) is 6.80. The third-order valence-corrected chi connectivity index (χ3v) is 1.59. The molecule has 7 heteroatoms. The van der Waals surface area contributed by atoms with Crippen LogP contribution in [0.25, 0.3) is 0 Å².